The van der Waals surface area contributed by atoms with E-state index in [1.165, 1.54) is 5.56 Å². The van der Waals surface area contributed by atoms with Gasteiger partial charge in [0.15, 0.2) is 0 Å². The van der Waals surface area contributed by atoms with Crippen LogP contribution in [0.25, 0.3) is 0 Å². The van der Waals surface area contributed by atoms with Gasteiger partial charge in [-0.2, -0.15) is 0 Å². The fourth-order valence-corrected chi connectivity index (χ4v) is 1.79. The van der Waals surface area contributed by atoms with Crippen molar-refractivity contribution in [3.63, 3.8) is 0 Å². The van der Waals surface area contributed by atoms with E-state index in [0.717, 1.165) is 17.8 Å². The Morgan fingerprint density at radius 3 is 2.47 bits per heavy atom. The summed E-state index contributed by atoms with van der Waals surface area (Å²) in [6, 6.07) is 14.8. The van der Waals surface area contributed by atoms with Crippen LogP contribution in [-0.4, -0.2) is 5.91 Å². The highest BCUT2D eigenvalue weighted by Gasteiger charge is 2.06. The average Bonchev–Trinajstić information content (AvgIpc) is 2.47. The van der Waals surface area contributed by atoms with Gasteiger partial charge in [0.1, 0.15) is 0 Å². The van der Waals surface area contributed by atoms with Crippen molar-refractivity contribution in [3.8, 4) is 0 Å². The number of hydrogen-bond acceptors (Lipinski definition) is 3. The third-order valence-corrected chi connectivity index (χ3v) is 2.91. The molecule has 0 saturated heterocycles. The van der Waals surface area contributed by atoms with Crippen molar-refractivity contribution in [2.75, 3.05) is 10.7 Å². The number of aryl methyl sites for hydroxylation is 1. The molecular weight excluding hydrogens is 238 g/mol. The Morgan fingerprint density at radius 2 is 1.84 bits per heavy atom. The predicted octanol–water partition coefficient (Wildman–Crippen LogP) is 2.79. The monoisotopic (exact) mass is 255 g/mol. The molecular formula is C15H17N3O. The first-order valence-electron chi connectivity index (χ1n) is 6.20. The Hall–Kier alpha value is -2.33. The number of nitrogens with one attached hydrogen (secondary N) is 2. The summed E-state index contributed by atoms with van der Waals surface area (Å²) in [6.07, 6.45) is 0.945. The van der Waals surface area contributed by atoms with Crippen molar-refractivity contribution >= 4 is 17.3 Å². The molecule has 4 heteroatoms. The molecule has 0 aliphatic rings. The van der Waals surface area contributed by atoms with E-state index < -0.39 is 0 Å². The number of carbonyl (C=O) groups excluding carboxylic acids is 1. The van der Waals surface area contributed by atoms with Crippen LogP contribution in [0.2, 0.25) is 0 Å². The Morgan fingerprint density at radius 1 is 1.11 bits per heavy atom. The maximum Gasteiger partial charge on any atom is 0.255 e. The zero-order chi connectivity index (χ0) is 13.7. The van der Waals surface area contributed by atoms with E-state index in [2.05, 4.69) is 17.7 Å². The van der Waals surface area contributed by atoms with E-state index >= 15 is 0 Å². The lowest BCUT2D eigenvalue weighted by Gasteiger charge is -2.07. The Balaban J connectivity index is 2.11. The molecule has 4 nitrogen and oxygen atoms in total. The van der Waals surface area contributed by atoms with Crippen molar-refractivity contribution in [1.29, 1.82) is 0 Å². The summed E-state index contributed by atoms with van der Waals surface area (Å²) in [7, 11) is 0. The number of amides is 1. The number of nitrogens with two attached hydrogens (primary N) is 1. The fourth-order valence-electron chi connectivity index (χ4n) is 1.79. The molecule has 0 saturated carbocycles. The molecule has 2 aromatic rings. The van der Waals surface area contributed by atoms with Gasteiger partial charge in [-0.25, -0.2) is 0 Å². The summed E-state index contributed by atoms with van der Waals surface area (Å²) < 4.78 is 0. The Labute approximate surface area is 112 Å². The first-order chi connectivity index (χ1) is 9.22. The topological polar surface area (TPSA) is 67.2 Å². The summed E-state index contributed by atoms with van der Waals surface area (Å²) in [5.74, 6) is 5.15. The predicted molar refractivity (Wildman–Crippen MR) is 78.0 cm³/mol. The zero-order valence-electron chi connectivity index (χ0n) is 10.8. The van der Waals surface area contributed by atoms with Crippen LogP contribution in [0.4, 0.5) is 11.4 Å². The molecule has 0 aromatic heterocycles. The molecule has 0 aliphatic heterocycles. The highest BCUT2D eigenvalue weighted by atomic mass is 16.1. The summed E-state index contributed by atoms with van der Waals surface area (Å²) in [5, 5.41) is 2.88. The van der Waals surface area contributed by atoms with E-state index in [-0.39, 0.29) is 5.91 Å². The first-order valence-corrected chi connectivity index (χ1v) is 6.20. The SMILES string of the molecule is CCc1cccc(NC(=O)c2ccc(NN)cc2)c1. The molecule has 19 heavy (non-hydrogen) atoms. The maximum atomic E-state index is 12.1. The highest BCUT2D eigenvalue weighted by molar-refractivity contribution is 6.04. The van der Waals surface area contributed by atoms with Crippen LogP contribution >= 0.6 is 0 Å². The van der Waals surface area contributed by atoms with Crippen molar-refractivity contribution < 1.29 is 4.79 Å². The minimum atomic E-state index is -0.128. The van der Waals surface area contributed by atoms with Gasteiger partial charge in [-0.3, -0.25) is 10.6 Å². The maximum absolute atomic E-state index is 12.1. The standard InChI is InChI=1S/C15H17N3O/c1-2-11-4-3-5-14(10-11)17-15(19)12-6-8-13(18-16)9-7-12/h3-10,18H,2,16H2,1H3,(H,17,19). The number of nitrogen functional groups attached to an aromatic ring is 1. The van der Waals surface area contributed by atoms with Gasteiger partial charge in [-0.1, -0.05) is 19.1 Å². The third kappa shape index (κ3) is 3.33. The summed E-state index contributed by atoms with van der Waals surface area (Å²) in [5.41, 5.74) is 5.90. The lowest BCUT2D eigenvalue weighted by molar-refractivity contribution is 0.102. The van der Waals surface area contributed by atoms with E-state index in [1.807, 2.05) is 24.3 Å². The largest absolute Gasteiger partial charge is 0.324 e. The second-order valence-corrected chi connectivity index (χ2v) is 4.23. The van der Waals surface area contributed by atoms with Gasteiger partial charge < -0.3 is 10.7 Å². The van der Waals surface area contributed by atoms with Gasteiger partial charge in [0, 0.05) is 16.9 Å². The second kappa shape index (κ2) is 6.02. The average molecular weight is 255 g/mol. The van der Waals surface area contributed by atoms with Crippen molar-refractivity contribution in [2.24, 2.45) is 5.84 Å². The molecule has 2 aromatic carbocycles. The summed E-state index contributed by atoms with van der Waals surface area (Å²) >= 11 is 0. The quantitative estimate of drug-likeness (QED) is 0.581. The van der Waals surface area contributed by atoms with Gasteiger partial charge in [0.05, 0.1) is 0 Å². The van der Waals surface area contributed by atoms with Crippen LogP contribution in [0, 0.1) is 0 Å². The number of anilines is 2. The lowest BCUT2D eigenvalue weighted by Crippen LogP contribution is -2.12. The Bertz CT molecular complexity index is 564. The molecule has 0 aliphatic carbocycles. The van der Waals surface area contributed by atoms with Crippen LogP contribution < -0.4 is 16.6 Å². The van der Waals surface area contributed by atoms with Crippen molar-refractivity contribution in [1.82, 2.24) is 0 Å². The molecule has 0 spiro atoms. The van der Waals surface area contributed by atoms with E-state index in [4.69, 9.17) is 5.84 Å². The van der Waals surface area contributed by atoms with Crippen molar-refractivity contribution in [2.45, 2.75) is 13.3 Å². The molecule has 0 atom stereocenters. The van der Waals surface area contributed by atoms with E-state index in [9.17, 15) is 4.79 Å². The van der Waals surface area contributed by atoms with Gasteiger partial charge in [0.2, 0.25) is 0 Å². The number of benzene rings is 2. The van der Waals surface area contributed by atoms with Gasteiger partial charge in [-0.15, -0.1) is 0 Å². The minimum Gasteiger partial charge on any atom is -0.324 e. The van der Waals surface area contributed by atoms with Gasteiger partial charge in [0.25, 0.3) is 5.91 Å². The number of rotatable bonds is 4. The molecule has 98 valence electrons. The van der Waals surface area contributed by atoms with Crippen molar-refractivity contribution in [3.05, 3.63) is 59.7 Å². The number of hydrogen-bond donors (Lipinski definition) is 3. The van der Waals surface area contributed by atoms with Crippen LogP contribution in [0.3, 0.4) is 0 Å². The zero-order valence-corrected chi connectivity index (χ0v) is 10.8. The Kier molecular flexibility index (Phi) is 4.15. The second-order valence-electron chi connectivity index (χ2n) is 4.23. The third-order valence-electron chi connectivity index (χ3n) is 2.91. The normalized spacial score (nSPS) is 10.0. The number of hydrazine groups is 1. The van der Waals surface area contributed by atoms with Crippen LogP contribution in [0.1, 0.15) is 22.8 Å². The van der Waals surface area contributed by atoms with E-state index in [0.29, 0.717) is 5.56 Å². The van der Waals surface area contributed by atoms with Crippen LogP contribution in [0.15, 0.2) is 48.5 Å². The molecule has 0 heterocycles. The van der Waals surface area contributed by atoms with Crippen LogP contribution in [-0.2, 0) is 6.42 Å². The molecule has 0 radical (unpaired) electrons. The first kappa shape index (κ1) is 13.1. The van der Waals surface area contributed by atoms with Gasteiger partial charge in [-0.05, 0) is 48.4 Å². The molecule has 2 rings (SSSR count). The molecule has 4 N–H and O–H groups in total. The molecule has 0 fully saturated rings. The van der Waals surface area contributed by atoms with E-state index in [1.54, 1.807) is 24.3 Å². The molecule has 0 unspecified atom stereocenters. The smallest absolute Gasteiger partial charge is 0.255 e. The lowest BCUT2D eigenvalue weighted by atomic mass is 10.1. The summed E-state index contributed by atoms with van der Waals surface area (Å²) in [4.78, 5) is 12.1. The number of carbonyl (C=O) groups is 1. The fraction of sp³-hybridized carbons (Fsp3) is 0.133. The molecule has 0 bridgehead atoms. The van der Waals surface area contributed by atoms with Gasteiger partial charge >= 0.3 is 0 Å². The molecule has 1 amide bonds. The van der Waals surface area contributed by atoms with Crippen LogP contribution in [0.5, 0.6) is 0 Å². The highest BCUT2D eigenvalue weighted by Crippen LogP contribution is 2.14. The summed E-state index contributed by atoms with van der Waals surface area (Å²) in [6.45, 7) is 2.08. The minimum absolute atomic E-state index is 0.128.